The quantitative estimate of drug-likeness (QED) is 0.251. The van der Waals surface area contributed by atoms with E-state index < -0.39 is 19.1 Å². The number of alkyl halides is 2. The molecule has 1 aromatic carbocycles. The van der Waals surface area contributed by atoms with Crippen LogP contribution < -0.4 is 9.64 Å². The first-order valence-electron chi connectivity index (χ1n) is 13.2. The number of fused-ring (bicyclic) bond motifs is 1. The number of hydrogen-bond acceptors (Lipinski definition) is 8. The summed E-state index contributed by atoms with van der Waals surface area (Å²) >= 11 is 6.65. The number of aryl methyl sites for hydroxylation is 2. The van der Waals surface area contributed by atoms with Crippen LogP contribution in [0.2, 0.25) is 5.02 Å². The van der Waals surface area contributed by atoms with E-state index in [9.17, 15) is 13.9 Å². The molecule has 212 valence electrons. The van der Waals surface area contributed by atoms with Gasteiger partial charge in [-0.15, -0.1) is 0 Å². The van der Waals surface area contributed by atoms with E-state index in [0.29, 0.717) is 64.6 Å². The maximum absolute atomic E-state index is 13.1. The molecule has 4 heterocycles. The molecule has 0 unspecified atom stereocenters. The highest BCUT2D eigenvalue weighted by molar-refractivity contribution is 6.33. The number of hydrogen-bond donors (Lipinski definition) is 1. The molecule has 1 aliphatic heterocycles. The second kappa shape index (κ2) is 11.5. The highest BCUT2D eigenvalue weighted by Crippen LogP contribution is 2.39. The fourth-order valence-corrected chi connectivity index (χ4v) is 5.22. The molecule has 0 fully saturated rings. The smallest absolute Gasteiger partial charge is 0.257 e. The number of aromatic nitrogens is 5. The van der Waals surface area contributed by atoms with E-state index in [-0.39, 0.29) is 6.61 Å². The Kier molecular flexibility index (Phi) is 8.04. The van der Waals surface area contributed by atoms with Crippen LogP contribution in [-0.4, -0.2) is 49.1 Å². The second-order valence-corrected chi connectivity index (χ2v) is 10.4. The summed E-state index contributed by atoms with van der Waals surface area (Å²) in [6, 6.07) is 5.20. The molecule has 3 aromatic heterocycles. The molecule has 4 aromatic rings. The lowest BCUT2D eigenvalue weighted by Crippen LogP contribution is -2.21. The molecular weight excluding hydrogens is 542 g/mol. The summed E-state index contributed by atoms with van der Waals surface area (Å²) in [4.78, 5) is 11.9. The molecule has 0 spiro atoms. The number of halogens is 3. The zero-order chi connectivity index (χ0) is 28.6. The van der Waals surface area contributed by atoms with Gasteiger partial charge in [-0.1, -0.05) is 30.1 Å². The Morgan fingerprint density at radius 3 is 2.67 bits per heavy atom. The van der Waals surface area contributed by atoms with Crippen LogP contribution >= 0.6 is 11.6 Å². The zero-order valence-corrected chi connectivity index (χ0v) is 23.5. The Labute approximate surface area is 235 Å². The molecule has 5 rings (SSSR count). The Hall–Kier alpha value is -3.57. The summed E-state index contributed by atoms with van der Waals surface area (Å²) in [5.74, 6) is 2.15. The van der Waals surface area contributed by atoms with Crippen LogP contribution in [0.25, 0.3) is 22.6 Å². The van der Waals surface area contributed by atoms with Crippen LogP contribution in [0.4, 0.5) is 14.6 Å². The van der Waals surface area contributed by atoms with Crippen molar-refractivity contribution in [2.45, 2.75) is 72.7 Å². The fraction of sp³-hybridized carbons (Fsp3) is 0.429. The average Bonchev–Trinajstić information content (AvgIpc) is 3.59. The van der Waals surface area contributed by atoms with Crippen molar-refractivity contribution in [2.75, 3.05) is 11.5 Å². The van der Waals surface area contributed by atoms with Crippen LogP contribution in [-0.2, 0) is 19.6 Å². The molecule has 40 heavy (non-hydrogen) atoms. The van der Waals surface area contributed by atoms with Crippen LogP contribution in [0.5, 0.6) is 5.75 Å². The van der Waals surface area contributed by atoms with Gasteiger partial charge >= 0.3 is 0 Å². The van der Waals surface area contributed by atoms with Gasteiger partial charge in [0.25, 0.3) is 6.43 Å². The first kappa shape index (κ1) is 28.0. The van der Waals surface area contributed by atoms with E-state index in [0.717, 1.165) is 28.8 Å². The van der Waals surface area contributed by atoms with E-state index >= 15 is 0 Å². The van der Waals surface area contributed by atoms with Crippen molar-refractivity contribution < 1.29 is 23.1 Å². The molecule has 0 saturated carbocycles. The molecule has 0 saturated heterocycles. The Bertz CT molecular complexity index is 1500. The molecule has 1 aliphatic rings. The number of nitrogens with zero attached hydrogens (tertiary/aromatic N) is 6. The van der Waals surface area contributed by atoms with Gasteiger partial charge in [0.15, 0.2) is 5.82 Å². The minimum absolute atomic E-state index is 0.154. The number of aliphatic hydroxyl groups excluding tert-OH is 1. The standard InChI is InChI=1S/C28H31ClF2N6O3/c1-5-6-19(38)14-39-20-7-8-22(29)21(9-20)27-33-26(25-16(3)35-40-17(25)4)15(2)28(34-27)36-11-18-10-32-37(13-24(30)31)23(18)12-36/h7-10,19,24,38H,5-6,11-14H2,1-4H3/t19-/m1/s1. The van der Waals surface area contributed by atoms with Gasteiger partial charge < -0.3 is 19.3 Å². The highest BCUT2D eigenvalue weighted by atomic mass is 35.5. The number of benzene rings is 1. The van der Waals surface area contributed by atoms with Crippen LogP contribution in [0.15, 0.2) is 28.9 Å². The van der Waals surface area contributed by atoms with Crippen molar-refractivity contribution >= 4 is 17.4 Å². The van der Waals surface area contributed by atoms with E-state index in [1.807, 2.05) is 32.6 Å². The molecule has 9 nitrogen and oxygen atoms in total. The summed E-state index contributed by atoms with van der Waals surface area (Å²) in [6.45, 7) is 8.11. The first-order valence-corrected chi connectivity index (χ1v) is 13.5. The Balaban J connectivity index is 1.58. The molecule has 0 radical (unpaired) electrons. The maximum atomic E-state index is 13.1. The molecular formula is C28H31ClF2N6O3. The van der Waals surface area contributed by atoms with Crippen LogP contribution in [0.1, 0.15) is 48.0 Å². The maximum Gasteiger partial charge on any atom is 0.257 e. The van der Waals surface area contributed by atoms with Crippen molar-refractivity contribution in [1.82, 2.24) is 24.9 Å². The minimum Gasteiger partial charge on any atom is -0.491 e. The van der Waals surface area contributed by atoms with Gasteiger partial charge in [0.1, 0.15) is 30.5 Å². The molecule has 1 N–H and O–H groups in total. The summed E-state index contributed by atoms with van der Waals surface area (Å²) in [6.07, 6.45) is 0.0432. The first-order chi connectivity index (χ1) is 19.2. The lowest BCUT2D eigenvalue weighted by Gasteiger charge is -2.22. The molecule has 0 amide bonds. The SMILES string of the molecule is CCC[C@@H](O)COc1ccc(Cl)c(-c2nc(-c3c(C)noc3C)c(C)c(N3Cc4cnn(CC(F)F)c4C3)n2)c1. The van der Waals surface area contributed by atoms with Gasteiger partial charge in [0.05, 0.1) is 46.5 Å². The van der Waals surface area contributed by atoms with E-state index in [2.05, 4.69) is 10.3 Å². The number of aliphatic hydroxyl groups is 1. The topological polar surface area (TPSA) is 102 Å². The van der Waals surface area contributed by atoms with Crippen molar-refractivity contribution in [3.63, 3.8) is 0 Å². The summed E-state index contributed by atoms with van der Waals surface area (Å²) in [7, 11) is 0. The zero-order valence-electron chi connectivity index (χ0n) is 22.8. The fourth-order valence-electron chi connectivity index (χ4n) is 5.02. The van der Waals surface area contributed by atoms with Gasteiger partial charge in [0, 0.05) is 23.2 Å². The van der Waals surface area contributed by atoms with Gasteiger partial charge in [0.2, 0.25) is 0 Å². The van der Waals surface area contributed by atoms with Crippen molar-refractivity contribution in [2.24, 2.45) is 0 Å². The molecule has 0 aliphatic carbocycles. The molecule has 12 heteroatoms. The second-order valence-electron chi connectivity index (χ2n) is 9.98. The van der Waals surface area contributed by atoms with E-state index in [1.165, 1.54) is 4.68 Å². The van der Waals surface area contributed by atoms with Crippen LogP contribution in [0.3, 0.4) is 0 Å². The van der Waals surface area contributed by atoms with E-state index in [4.69, 9.17) is 30.8 Å². The third-order valence-corrected chi connectivity index (χ3v) is 7.31. The van der Waals surface area contributed by atoms with Gasteiger partial charge in [-0.2, -0.15) is 5.10 Å². The molecule has 0 bridgehead atoms. The van der Waals surface area contributed by atoms with Crippen molar-refractivity contribution in [3.05, 3.63) is 57.7 Å². The van der Waals surface area contributed by atoms with Gasteiger partial charge in [-0.3, -0.25) is 4.68 Å². The highest BCUT2D eigenvalue weighted by Gasteiger charge is 2.30. The lowest BCUT2D eigenvalue weighted by atomic mass is 10.0. The lowest BCUT2D eigenvalue weighted by molar-refractivity contribution is 0.0994. The van der Waals surface area contributed by atoms with E-state index in [1.54, 1.807) is 24.4 Å². The number of rotatable bonds is 10. The van der Waals surface area contributed by atoms with Crippen molar-refractivity contribution in [3.8, 4) is 28.4 Å². The normalized spacial score (nSPS) is 13.8. The van der Waals surface area contributed by atoms with Gasteiger partial charge in [-0.25, -0.2) is 18.7 Å². The molecule has 1 atom stereocenters. The largest absolute Gasteiger partial charge is 0.491 e. The summed E-state index contributed by atoms with van der Waals surface area (Å²) in [5.41, 5.74) is 5.04. The monoisotopic (exact) mass is 572 g/mol. The summed E-state index contributed by atoms with van der Waals surface area (Å²) < 4.78 is 38.9. The Morgan fingerprint density at radius 2 is 1.98 bits per heavy atom. The minimum atomic E-state index is -2.50. The summed E-state index contributed by atoms with van der Waals surface area (Å²) in [5, 5.41) is 18.8. The van der Waals surface area contributed by atoms with Gasteiger partial charge in [-0.05, 0) is 45.4 Å². The predicted molar refractivity (Wildman–Crippen MR) is 147 cm³/mol. The third kappa shape index (κ3) is 5.53. The Morgan fingerprint density at radius 1 is 1.18 bits per heavy atom. The predicted octanol–water partition coefficient (Wildman–Crippen LogP) is 5.90. The number of ether oxygens (including phenoxy) is 1. The average molecular weight is 573 g/mol. The number of anilines is 1. The van der Waals surface area contributed by atoms with Crippen LogP contribution in [0, 0.1) is 20.8 Å². The third-order valence-electron chi connectivity index (χ3n) is 6.98. The van der Waals surface area contributed by atoms with Crippen molar-refractivity contribution in [1.29, 1.82) is 0 Å².